The Morgan fingerprint density at radius 3 is 2.56 bits per heavy atom. The molecule has 0 fully saturated rings. The van der Waals surface area contributed by atoms with Crippen LogP contribution < -0.4 is 5.73 Å². The van der Waals surface area contributed by atoms with Gasteiger partial charge in [-0.25, -0.2) is 0 Å². The Morgan fingerprint density at radius 1 is 1.31 bits per heavy atom. The molecule has 1 nitrogen and oxygen atoms in total. The molecule has 1 rings (SSSR count). The molecule has 3 heteroatoms. The summed E-state index contributed by atoms with van der Waals surface area (Å²) in [5, 5.41) is 1.41. The zero-order valence-corrected chi connectivity index (χ0v) is 11.7. The van der Waals surface area contributed by atoms with E-state index in [1.165, 1.54) is 10.5 Å². The molecule has 0 amide bonds. The molecule has 0 heterocycles. The first-order chi connectivity index (χ1) is 7.54. The third-order valence-corrected chi connectivity index (χ3v) is 4.49. The number of thioether (sulfide) groups is 1. The Bertz CT molecular complexity index is 339. The summed E-state index contributed by atoms with van der Waals surface area (Å²) in [6, 6.07) is 6.09. The highest BCUT2D eigenvalue weighted by atomic mass is 35.5. The fourth-order valence-corrected chi connectivity index (χ4v) is 2.68. The van der Waals surface area contributed by atoms with Crippen molar-refractivity contribution in [1.82, 2.24) is 0 Å². The predicted octanol–water partition coefficient (Wildman–Crippen LogP) is 3.98. The van der Waals surface area contributed by atoms with Crippen LogP contribution in [-0.2, 0) is 6.42 Å². The number of hydrogen-bond acceptors (Lipinski definition) is 2. The molecule has 90 valence electrons. The molecule has 0 saturated carbocycles. The predicted molar refractivity (Wildman–Crippen MR) is 74.4 cm³/mol. The lowest BCUT2D eigenvalue weighted by Gasteiger charge is -2.17. The van der Waals surface area contributed by atoms with Gasteiger partial charge in [-0.15, -0.1) is 11.8 Å². The lowest BCUT2D eigenvalue weighted by molar-refractivity contribution is 0.642. The van der Waals surface area contributed by atoms with Crippen molar-refractivity contribution in [3.8, 4) is 0 Å². The third kappa shape index (κ3) is 4.00. The molecule has 0 aromatic heterocycles. The van der Waals surface area contributed by atoms with Gasteiger partial charge in [-0.2, -0.15) is 0 Å². The van der Waals surface area contributed by atoms with Crippen LogP contribution in [0.3, 0.4) is 0 Å². The van der Waals surface area contributed by atoms with Crippen LogP contribution in [0.25, 0.3) is 0 Å². The van der Waals surface area contributed by atoms with E-state index in [1.54, 1.807) is 0 Å². The summed E-state index contributed by atoms with van der Waals surface area (Å²) in [5.41, 5.74) is 6.89. The quantitative estimate of drug-likeness (QED) is 0.808. The Morgan fingerprint density at radius 2 is 2.00 bits per heavy atom. The Kier molecular flexibility index (Phi) is 5.67. The fourth-order valence-electron chi connectivity index (χ4n) is 1.35. The topological polar surface area (TPSA) is 26.0 Å². The first-order valence-electron chi connectivity index (χ1n) is 5.69. The molecule has 0 bridgehead atoms. The van der Waals surface area contributed by atoms with Gasteiger partial charge in [0.15, 0.2) is 0 Å². The van der Waals surface area contributed by atoms with Crippen molar-refractivity contribution in [2.45, 2.75) is 37.3 Å². The zero-order chi connectivity index (χ0) is 12.1. The van der Waals surface area contributed by atoms with Crippen LogP contribution in [0.1, 0.15) is 26.3 Å². The molecule has 1 atom stereocenters. The van der Waals surface area contributed by atoms with Gasteiger partial charge in [-0.1, -0.05) is 32.4 Å². The van der Waals surface area contributed by atoms with E-state index in [9.17, 15) is 0 Å². The maximum Gasteiger partial charge on any atom is 0.0409 e. The van der Waals surface area contributed by atoms with E-state index in [2.05, 4.69) is 26.8 Å². The van der Waals surface area contributed by atoms with E-state index in [0.29, 0.717) is 17.7 Å². The van der Waals surface area contributed by atoms with Crippen LogP contribution in [-0.4, -0.2) is 11.8 Å². The maximum absolute atomic E-state index is 6.00. The van der Waals surface area contributed by atoms with Crippen LogP contribution in [0.2, 0.25) is 5.02 Å². The molecule has 0 aliphatic heterocycles. The van der Waals surface area contributed by atoms with Gasteiger partial charge in [0.05, 0.1) is 0 Å². The second-order valence-electron chi connectivity index (χ2n) is 4.36. The summed E-state index contributed by atoms with van der Waals surface area (Å²) in [7, 11) is 0. The molecular weight excluding hydrogens is 238 g/mol. The molecule has 0 aliphatic carbocycles. The highest BCUT2D eigenvalue weighted by Gasteiger charge is 2.11. The van der Waals surface area contributed by atoms with E-state index in [4.69, 9.17) is 17.3 Å². The lowest BCUT2D eigenvalue weighted by atomic mass is 10.1. The summed E-state index contributed by atoms with van der Waals surface area (Å²) in [6.45, 7) is 7.42. The van der Waals surface area contributed by atoms with Crippen molar-refractivity contribution in [2.75, 3.05) is 6.54 Å². The molecule has 0 aliphatic rings. The number of nitrogens with two attached hydrogens (primary N) is 1. The first-order valence-corrected chi connectivity index (χ1v) is 6.95. The molecule has 0 radical (unpaired) electrons. The minimum Gasteiger partial charge on any atom is -0.330 e. The third-order valence-electron chi connectivity index (χ3n) is 2.69. The molecule has 1 unspecified atom stereocenters. The van der Waals surface area contributed by atoms with Crippen molar-refractivity contribution in [3.05, 3.63) is 28.8 Å². The smallest absolute Gasteiger partial charge is 0.0409 e. The highest BCUT2D eigenvalue weighted by Crippen LogP contribution is 2.32. The molecule has 16 heavy (non-hydrogen) atoms. The van der Waals surface area contributed by atoms with Crippen LogP contribution in [0.4, 0.5) is 0 Å². The van der Waals surface area contributed by atoms with Gasteiger partial charge in [0.1, 0.15) is 0 Å². The van der Waals surface area contributed by atoms with Gasteiger partial charge < -0.3 is 5.73 Å². The first kappa shape index (κ1) is 13.9. The summed E-state index contributed by atoms with van der Waals surface area (Å²) in [5.74, 6) is 0.673. The largest absolute Gasteiger partial charge is 0.330 e. The summed E-state index contributed by atoms with van der Waals surface area (Å²) >= 11 is 7.91. The van der Waals surface area contributed by atoms with Crippen LogP contribution in [0, 0.1) is 5.92 Å². The zero-order valence-electron chi connectivity index (χ0n) is 10.2. The molecule has 0 saturated heterocycles. The molecular formula is C13H20ClNS. The van der Waals surface area contributed by atoms with Crippen LogP contribution >= 0.6 is 23.4 Å². The van der Waals surface area contributed by atoms with Gasteiger partial charge in [0, 0.05) is 15.2 Å². The summed E-state index contributed by atoms with van der Waals surface area (Å²) in [6.07, 6.45) is 0.897. The van der Waals surface area contributed by atoms with Gasteiger partial charge in [0.2, 0.25) is 0 Å². The van der Waals surface area contributed by atoms with E-state index >= 15 is 0 Å². The Labute approximate surface area is 108 Å². The summed E-state index contributed by atoms with van der Waals surface area (Å²) in [4.78, 5) is 1.32. The number of rotatable bonds is 5. The van der Waals surface area contributed by atoms with Crippen molar-refractivity contribution < 1.29 is 0 Å². The van der Waals surface area contributed by atoms with Crippen molar-refractivity contribution >= 4 is 23.4 Å². The average molecular weight is 258 g/mol. The monoisotopic (exact) mass is 257 g/mol. The van der Waals surface area contributed by atoms with E-state index in [1.807, 2.05) is 23.9 Å². The van der Waals surface area contributed by atoms with Crippen molar-refractivity contribution in [2.24, 2.45) is 11.7 Å². The number of hydrogen-bond donors (Lipinski definition) is 1. The van der Waals surface area contributed by atoms with E-state index in [-0.39, 0.29) is 0 Å². The van der Waals surface area contributed by atoms with Gasteiger partial charge in [-0.3, -0.25) is 0 Å². The molecule has 1 aromatic carbocycles. The average Bonchev–Trinajstić information content (AvgIpc) is 2.22. The van der Waals surface area contributed by atoms with Gasteiger partial charge in [-0.05, 0) is 42.6 Å². The minimum atomic E-state index is 0.609. The molecule has 2 N–H and O–H groups in total. The van der Waals surface area contributed by atoms with Crippen LogP contribution in [0.5, 0.6) is 0 Å². The van der Waals surface area contributed by atoms with Gasteiger partial charge >= 0.3 is 0 Å². The fraction of sp³-hybridized carbons (Fsp3) is 0.538. The minimum absolute atomic E-state index is 0.609. The van der Waals surface area contributed by atoms with Crippen molar-refractivity contribution in [3.63, 3.8) is 0 Å². The summed E-state index contributed by atoms with van der Waals surface area (Å²) < 4.78 is 0. The van der Waals surface area contributed by atoms with Crippen molar-refractivity contribution in [1.29, 1.82) is 0 Å². The molecule has 0 spiro atoms. The second-order valence-corrected chi connectivity index (χ2v) is 6.21. The van der Waals surface area contributed by atoms with E-state index in [0.717, 1.165) is 11.4 Å². The standard InChI is InChI=1S/C13H20ClNS/c1-9(2)10(3)16-13-5-4-12(14)8-11(13)6-7-15/h4-5,8-10H,6-7,15H2,1-3H3. The Hall–Kier alpha value is -0.180. The van der Waals surface area contributed by atoms with Gasteiger partial charge in [0.25, 0.3) is 0 Å². The second kappa shape index (κ2) is 6.53. The Balaban J connectivity index is 2.85. The normalized spacial score (nSPS) is 13.1. The maximum atomic E-state index is 6.00. The number of benzene rings is 1. The SMILES string of the molecule is CC(C)C(C)Sc1ccc(Cl)cc1CCN. The molecule has 1 aromatic rings. The lowest BCUT2D eigenvalue weighted by Crippen LogP contribution is -2.08. The van der Waals surface area contributed by atoms with E-state index < -0.39 is 0 Å². The van der Waals surface area contributed by atoms with Crippen LogP contribution in [0.15, 0.2) is 23.1 Å². The number of halogens is 1. The highest BCUT2D eigenvalue weighted by molar-refractivity contribution is 8.00.